The predicted octanol–water partition coefficient (Wildman–Crippen LogP) is 1.11. The van der Waals surface area contributed by atoms with E-state index in [-0.39, 0.29) is 17.1 Å². The number of aromatic nitrogens is 1. The Balaban J connectivity index is 2.82. The molecule has 2 rings (SSSR count). The zero-order chi connectivity index (χ0) is 9.42. The third kappa shape index (κ3) is 1.10. The minimum atomic E-state index is -1.04. The number of carboxylic acid groups (broad SMARTS) is 1. The minimum absolute atomic E-state index is 0.0244. The van der Waals surface area contributed by atoms with E-state index in [2.05, 4.69) is 4.98 Å². The molecule has 0 saturated heterocycles. The highest BCUT2D eigenvalue weighted by atomic mass is 16.4. The molecule has 5 heteroatoms. The quantitative estimate of drug-likeness (QED) is 0.682. The van der Waals surface area contributed by atoms with Crippen LogP contribution in [-0.2, 0) is 0 Å². The molecule has 0 radical (unpaired) electrons. The van der Waals surface area contributed by atoms with Crippen LogP contribution >= 0.6 is 0 Å². The maximum atomic E-state index is 10.7. The number of nitrogens with two attached hydrogens (primary N) is 1. The second-order valence-corrected chi connectivity index (χ2v) is 2.51. The first kappa shape index (κ1) is 7.60. The first-order valence-corrected chi connectivity index (χ1v) is 3.57. The number of anilines is 1. The van der Waals surface area contributed by atoms with Gasteiger partial charge in [-0.1, -0.05) is 6.07 Å². The standard InChI is InChI=1S/C8H6N2O3/c9-8-10-6-4(7(11)12)2-1-3-5(6)13-8/h1-3H,(H2,9,10)(H,11,12). The van der Waals surface area contributed by atoms with Gasteiger partial charge in [-0.25, -0.2) is 4.79 Å². The van der Waals surface area contributed by atoms with Gasteiger partial charge in [0.25, 0.3) is 6.01 Å². The van der Waals surface area contributed by atoms with Crippen LogP contribution in [0.4, 0.5) is 6.01 Å². The smallest absolute Gasteiger partial charge is 0.338 e. The normalized spacial score (nSPS) is 10.5. The Bertz CT molecular complexity index is 475. The Kier molecular flexibility index (Phi) is 1.45. The van der Waals surface area contributed by atoms with Crippen molar-refractivity contribution >= 4 is 23.1 Å². The molecule has 1 aromatic carbocycles. The van der Waals surface area contributed by atoms with Gasteiger partial charge >= 0.3 is 5.97 Å². The molecule has 0 aliphatic carbocycles. The van der Waals surface area contributed by atoms with E-state index in [0.717, 1.165) is 0 Å². The molecule has 5 nitrogen and oxygen atoms in total. The van der Waals surface area contributed by atoms with Crippen LogP contribution < -0.4 is 5.73 Å². The molecule has 66 valence electrons. The van der Waals surface area contributed by atoms with Crippen LogP contribution in [0, 0.1) is 0 Å². The van der Waals surface area contributed by atoms with Gasteiger partial charge in [-0.15, -0.1) is 0 Å². The average molecular weight is 178 g/mol. The summed E-state index contributed by atoms with van der Waals surface area (Å²) in [5.74, 6) is -1.04. The van der Waals surface area contributed by atoms with E-state index in [1.807, 2.05) is 0 Å². The number of aromatic carboxylic acids is 1. The summed E-state index contributed by atoms with van der Waals surface area (Å²) in [4.78, 5) is 14.5. The fourth-order valence-electron chi connectivity index (χ4n) is 1.14. The number of para-hydroxylation sites is 1. The van der Waals surface area contributed by atoms with Gasteiger partial charge in [0.2, 0.25) is 0 Å². The van der Waals surface area contributed by atoms with Crippen molar-refractivity contribution in [3.05, 3.63) is 23.8 Å². The Morgan fingerprint density at radius 2 is 2.31 bits per heavy atom. The number of carboxylic acids is 1. The predicted molar refractivity (Wildman–Crippen MR) is 45.4 cm³/mol. The van der Waals surface area contributed by atoms with Crippen LogP contribution in [0.3, 0.4) is 0 Å². The second-order valence-electron chi connectivity index (χ2n) is 2.51. The fraction of sp³-hybridized carbons (Fsp3) is 0. The highest BCUT2D eigenvalue weighted by Gasteiger charge is 2.12. The summed E-state index contributed by atoms with van der Waals surface area (Å²) >= 11 is 0. The summed E-state index contributed by atoms with van der Waals surface area (Å²) in [6.45, 7) is 0. The maximum absolute atomic E-state index is 10.7. The lowest BCUT2D eigenvalue weighted by Crippen LogP contribution is -1.96. The van der Waals surface area contributed by atoms with E-state index < -0.39 is 5.97 Å². The summed E-state index contributed by atoms with van der Waals surface area (Å²) in [5, 5.41) is 8.77. The molecule has 13 heavy (non-hydrogen) atoms. The molecule has 0 bridgehead atoms. The van der Waals surface area contributed by atoms with Gasteiger partial charge in [-0.2, -0.15) is 4.98 Å². The molecule has 0 spiro atoms. The Morgan fingerprint density at radius 3 is 3.00 bits per heavy atom. The van der Waals surface area contributed by atoms with Crippen molar-refractivity contribution in [1.82, 2.24) is 4.98 Å². The van der Waals surface area contributed by atoms with Crippen LogP contribution in [0.1, 0.15) is 10.4 Å². The number of oxazole rings is 1. The molecule has 3 N–H and O–H groups in total. The third-order valence-corrected chi connectivity index (χ3v) is 1.67. The third-order valence-electron chi connectivity index (χ3n) is 1.67. The number of hydrogen-bond acceptors (Lipinski definition) is 4. The van der Waals surface area contributed by atoms with E-state index >= 15 is 0 Å². The minimum Gasteiger partial charge on any atom is -0.478 e. The second kappa shape index (κ2) is 2.48. The molecule has 0 aliphatic heterocycles. The molecule has 0 saturated carbocycles. The van der Waals surface area contributed by atoms with Gasteiger partial charge in [0.05, 0.1) is 5.56 Å². The molecule has 0 atom stereocenters. The van der Waals surface area contributed by atoms with E-state index in [9.17, 15) is 4.79 Å². The van der Waals surface area contributed by atoms with E-state index in [0.29, 0.717) is 5.58 Å². The van der Waals surface area contributed by atoms with Crippen molar-refractivity contribution in [2.45, 2.75) is 0 Å². The van der Waals surface area contributed by atoms with E-state index in [1.165, 1.54) is 6.07 Å². The maximum Gasteiger partial charge on any atom is 0.338 e. The highest BCUT2D eigenvalue weighted by Crippen LogP contribution is 2.20. The first-order valence-electron chi connectivity index (χ1n) is 3.57. The number of nitrogens with zero attached hydrogens (tertiary/aromatic N) is 1. The molecular weight excluding hydrogens is 172 g/mol. The van der Waals surface area contributed by atoms with Crippen molar-refractivity contribution in [3.8, 4) is 0 Å². The highest BCUT2D eigenvalue weighted by molar-refractivity contribution is 6.00. The Morgan fingerprint density at radius 1 is 1.54 bits per heavy atom. The summed E-state index contributed by atoms with van der Waals surface area (Å²) in [7, 11) is 0. The molecule has 1 aromatic heterocycles. The molecule has 0 fully saturated rings. The summed E-state index contributed by atoms with van der Waals surface area (Å²) in [5.41, 5.74) is 6.06. The number of nitrogen functional groups attached to an aromatic ring is 1. The lowest BCUT2D eigenvalue weighted by atomic mass is 10.2. The van der Waals surface area contributed by atoms with Gasteiger partial charge in [0.1, 0.15) is 5.52 Å². The largest absolute Gasteiger partial charge is 0.478 e. The van der Waals surface area contributed by atoms with Crippen molar-refractivity contribution in [2.75, 3.05) is 5.73 Å². The van der Waals surface area contributed by atoms with Crippen molar-refractivity contribution in [2.24, 2.45) is 0 Å². The average Bonchev–Trinajstić information content (AvgIpc) is 2.43. The number of carbonyl (C=O) groups is 1. The van der Waals surface area contributed by atoms with Gasteiger partial charge < -0.3 is 15.3 Å². The van der Waals surface area contributed by atoms with Gasteiger partial charge in [-0.3, -0.25) is 0 Å². The first-order chi connectivity index (χ1) is 6.18. The number of benzene rings is 1. The van der Waals surface area contributed by atoms with Crippen molar-refractivity contribution in [1.29, 1.82) is 0 Å². The topological polar surface area (TPSA) is 89.3 Å². The summed E-state index contributed by atoms with van der Waals surface area (Å²) in [6, 6.07) is 4.62. The van der Waals surface area contributed by atoms with Gasteiger partial charge in [0, 0.05) is 0 Å². The van der Waals surface area contributed by atoms with Crippen LogP contribution in [0.5, 0.6) is 0 Å². The Hall–Kier alpha value is -2.04. The van der Waals surface area contributed by atoms with Crippen molar-refractivity contribution in [3.63, 3.8) is 0 Å². The fourth-order valence-corrected chi connectivity index (χ4v) is 1.14. The van der Waals surface area contributed by atoms with Gasteiger partial charge in [-0.05, 0) is 12.1 Å². The van der Waals surface area contributed by atoms with Crippen LogP contribution in [-0.4, -0.2) is 16.1 Å². The molecule has 0 unspecified atom stereocenters. The number of fused-ring (bicyclic) bond motifs is 1. The van der Waals surface area contributed by atoms with Crippen LogP contribution in [0.2, 0.25) is 0 Å². The molecule has 1 heterocycles. The summed E-state index contributed by atoms with van der Waals surface area (Å²) < 4.78 is 4.96. The molecule has 0 aliphatic rings. The number of hydrogen-bond donors (Lipinski definition) is 2. The summed E-state index contributed by atoms with van der Waals surface area (Å²) in [6.07, 6.45) is 0. The van der Waals surface area contributed by atoms with Crippen LogP contribution in [0.15, 0.2) is 22.6 Å². The zero-order valence-corrected chi connectivity index (χ0v) is 6.52. The SMILES string of the molecule is Nc1nc2c(C(=O)O)cccc2o1. The van der Waals surface area contributed by atoms with Crippen LogP contribution in [0.25, 0.3) is 11.1 Å². The molecular formula is C8H6N2O3. The zero-order valence-electron chi connectivity index (χ0n) is 6.52. The number of rotatable bonds is 1. The lowest BCUT2D eigenvalue weighted by Gasteiger charge is -1.91. The lowest BCUT2D eigenvalue weighted by molar-refractivity contribution is 0.0699. The monoisotopic (exact) mass is 178 g/mol. The van der Waals surface area contributed by atoms with E-state index in [4.69, 9.17) is 15.3 Å². The van der Waals surface area contributed by atoms with Crippen molar-refractivity contribution < 1.29 is 14.3 Å². The van der Waals surface area contributed by atoms with Gasteiger partial charge in [0.15, 0.2) is 5.58 Å². The Labute approximate surface area is 72.8 Å². The molecule has 2 aromatic rings. The van der Waals surface area contributed by atoms with E-state index in [1.54, 1.807) is 12.1 Å². The molecule has 0 amide bonds.